The van der Waals surface area contributed by atoms with Crippen molar-refractivity contribution in [1.82, 2.24) is 19.7 Å². The Labute approximate surface area is 198 Å². The van der Waals surface area contributed by atoms with Crippen LogP contribution in [0.5, 0.6) is 0 Å². The number of nitrogens with zero attached hydrogens (tertiary/aromatic N) is 6. The largest absolute Gasteiger partial charge is 0.352 e. The van der Waals surface area contributed by atoms with Gasteiger partial charge in [0.2, 0.25) is 0 Å². The molecule has 2 aromatic heterocycles. The summed E-state index contributed by atoms with van der Waals surface area (Å²) >= 11 is 6.08. The van der Waals surface area contributed by atoms with E-state index < -0.39 is 0 Å². The lowest BCUT2D eigenvalue weighted by Gasteiger charge is -2.35. The van der Waals surface area contributed by atoms with Crippen molar-refractivity contribution < 1.29 is 4.79 Å². The molecule has 0 N–H and O–H groups in total. The van der Waals surface area contributed by atoms with Crippen LogP contribution >= 0.6 is 11.6 Å². The summed E-state index contributed by atoms with van der Waals surface area (Å²) in [6, 6.07) is 13.4. The van der Waals surface area contributed by atoms with Crippen LogP contribution in [0.25, 0.3) is 5.69 Å². The summed E-state index contributed by atoms with van der Waals surface area (Å²) in [6.45, 7) is 2.42. The standard InChI is InChI=1S/C25H25ClN6O/c26-19-8-10-20(11-9-19)32-22-7-3-1-2-6-21(22)23(29-32)25(33)31-15-13-30(14-16-31)24-18(17-27)5-4-12-28-24/h4-5,8-12H,1-3,6-7,13-16H2. The predicted molar refractivity (Wildman–Crippen MR) is 127 cm³/mol. The van der Waals surface area contributed by atoms with Gasteiger partial charge in [-0.15, -0.1) is 0 Å². The number of pyridine rings is 1. The van der Waals surface area contributed by atoms with E-state index in [9.17, 15) is 10.1 Å². The molecule has 0 atom stereocenters. The number of rotatable bonds is 3. The van der Waals surface area contributed by atoms with Gasteiger partial charge in [0, 0.05) is 48.7 Å². The number of carbonyl (C=O) groups is 1. The van der Waals surface area contributed by atoms with Gasteiger partial charge in [-0.05, 0) is 62.1 Å². The van der Waals surface area contributed by atoms with Crippen molar-refractivity contribution in [2.24, 2.45) is 0 Å². The van der Waals surface area contributed by atoms with Crippen LogP contribution in [-0.2, 0) is 12.8 Å². The second kappa shape index (κ2) is 9.24. The fourth-order valence-electron chi connectivity index (χ4n) is 4.75. The van der Waals surface area contributed by atoms with Crippen LogP contribution in [0.1, 0.15) is 46.6 Å². The third kappa shape index (κ3) is 4.19. The van der Waals surface area contributed by atoms with Crippen LogP contribution in [-0.4, -0.2) is 51.8 Å². The number of piperazine rings is 1. The van der Waals surface area contributed by atoms with E-state index in [2.05, 4.69) is 16.0 Å². The summed E-state index contributed by atoms with van der Waals surface area (Å²) in [5.74, 6) is 0.676. The number of anilines is 1. The predicted octanol–water partition coefficient (Wildman–Crippen LogP) is 4.02. The molecule has 7 nitrogen and oxygen atoms in total. The van der Waals surface area contributed by atoms with E-state index >= 15 is 0 Å². The maximum absolute atomic E-state index is 13.6. The maximum atomic E-state index is 13.6. The first-order valence-electron chi connectivity index (χ1n) is 11.4. The summed E-state index contributed by atoms with van der Waals surface area (Å²) in [5, 5.41) is 14.9. The molecule has 3 aromatic rings. The molecule has 1 aliphatic carbocycles. The molecule has 1 aliphatic heterocycles. The molecule has 1 saturated heterocycles. The second-order valence-corrected chi connectivity index (χ2v) is 8.92. The normalized spacial score (nSPS) is 16.1. The van der Waals surface area contributed by atoms with E-state index in [0.717, 1.165) is 49.0 Å². The molecule has 8 heteroatoms. The summed E-state index contributed by atoms with van der Waals surface area (Å²) in [7, 11) is 0. The second-order valence-electron chi connectivity index (χ2n) is 8.49. The Kier molecular flexibility index (Phi) is 6.01. The van der Waals surface area contributed by atoms with Crippen LogP contribution in [0.3, 0.4) is 0 Å². The molecule has 0 saturated carbocycles. The minimum atomic E-state index is -0.0120. The van der Waals surface area contributed by atoms with Crippen molar-refractivity contribution in [3.63, 3.8) is 0 Å². The summed E-state index contributed by atoms with van der Waals surface area (Å²) in [6.07, 6.45) is 6.83. The number of hydrogen-bond acceptors (Lipinski definition) is 5. The van der Waals surface area contributed by atoms with E-state index in [0.29, 0.717) is 48.3 Å². The highest BCUT2D eigenvalue weighted by atomic mass is 35.5. The zero-order valence-corrected chi connectivity index (χ0v) is 19.1. The van der Waals surface area contributed by atoms with Crippen molar-refractivity contribution in [3.8, 4) is 11.8 Å². The molecule has 2 aliphatic rings. The number of fused-ring (bicyclic) bond motifs is 1. The highest BCUT2D eigenvalue weighted by Gasteiger charge is 2.30. The van der Waals surface area contributed by atoms with Crippen molar-refractivity contribution >= 4 is 23.3 Å². The van der Waals surface area contributed by atoms with Gasteiger partial charge in [-0.3, -0.25) is 4.79 Å². The minimum Gasteiger partial charge on any atom is -0.352 e. The maximum Gasteiger partial charge on any atom is 0.274 e. The van der Waals surface area contributed by atoms with Gasteiger partial charge in [0.1, 0.15) is 11.9 Å². The van der Waals surface area contributed by atoms with Gasteiger partial charge in [0.15, 0.2) is 5.69 Å². The molecule has 0 radical (unpaired) electrons. The van der Waals surface area contributed by atoms with Crippen molar-refractivity contribution in [2.45, 2.75) is 32.1 Å². The third-order valence-electron chi connectivity index (χ3n) is 6.48. The van der Waals surface area contributed by atoms with Crippen LogP contribution in [0.15, 0.2) is 42.6 Å². The first kappa shape index (κ1) is 21.5. The number of benzene rings is 1. The monoisotopic (exact) mass is 460 g/mol. The molecule has 0 spiro atoms. The summed E-state index contributed by atoms with van der Waals surface area (Å²) in [5.41, 5.74) is 4.30. The lowest BCUT2D eigenvalue weighted by atomic mass is 10.1. The van der Waals surface area contributed by atoms with Gasteiger partial charge < -0.3 is 9.80 Å². The molecule has 1 amide bonds. The van der Waals surface area contributed by atoms with Crippen LogP contribution in [0, 0.1) is 11.3 Å². The van der Waals surface area contributed by atoms with Crippen molar-refractivity contribution in [3.05, 3.63) is 70.1 Å². The molecule has 168 valence electrons. The van der Waals surface area contributed by atoms with E-state index in [1.807, 2.05) is 33.8 Å². The van der Waals surface area contributed by atoms with Gasteiger partial charge in [-0.2, -0.15) is 10.4 Å². The van der Waals surface area contributed by atoms with Crippen LogP contribution in [0.2, 0.25) is 5.02 Å². The number of hydrogen-bond donors (Lipinski definition) is 0. The van der Waals surface area contributed by atoms with Gasteiger partial charge in [-0.1, -0.05) is 18.0 Å². The molecular formula is C25H25ClN6O. The molecular weight excluding hydrogens is 436 g/mol. The fraction of sp³-hybridized carbons (Fsp3) is 0.360. The van der Waals surface area contributed by atoms with E-state index in [1.54, 1.807) is 18.3 Å². The van der Waals surface area contributed by atoms with Gasteiger partial charge in [0.25, 0.3) is 5.91 Å². The Balaban J connectivity index is 1.40. The lowest BCUT2D eigenvalue weighted by molar-refractivity contribution is 0.0739. The molecule has 0 unspecified atom stereocenters. The minimum absolute atomic E-state index is 0.0120. The molecule has 1 fully saturated rings. The third-order valence-corrected chi connectivity index (χ3v) is 6.73. The van der Waals surface area contributed by atoms with E-state index in [-0.39, 0.29) is 5.91 Å². The number of amides is 1. The van der Waals surface area contributed by atoms with Crippen molar-refractivity contribution in [1.29, 1.82) is 5.26 Å². The van der Waals surface area contributed by atoms with Gasteiger partial charge in [-0.25, -0.2) is 9.67 Å². The Hall–Kier alpha value is -3.37. The average molecular weight is 461 g/mol. The number of aromatic nitrogens is 3. The zero-order chi connectivity index (χ0) is 22.8. The zero-order valence-electron chi connectivity index (χ0n) is 18.4. The highest BCUT2D eigenvalue weighted by molar-refractivity contribution is 6.30. The molecule has 0 bridgehead atoms. The van der Waals surface area contributed by atoms with E-state index in [4.69, 9.17) is 16.7 Å². The summed E-state index contributed by atoms with van der Waals surface area (Å²) in [4.78, 5) is 21.9. The Morgan fingerprint density at radius 1 is 1.00 bits per heavy atom. The number of halogens is 1. The van der Waals surface area contributed by atoms with Crippen molar-refractivity contribution in [2.75, 3.05) is 31.1 Å². The van der Waals surface area contributed by atoms with Gasteiger partial charge in [0.05, 0.1) is 11.3 Å². The first-order valence-corrected chi connectivity index (χ1v) is 11.8. The first-order chi connectivity index (χ1) is 16.2. The van der Waals surface area contributed by atoms with Crippen LogP contribution in [0.4, 0.5) is 5.82 Å². The molecule has 5 rings (SSSR count). The fourth-order valence-corrected chi connectivity index (χ4v) is 4.88. The number of carbonyl (C=O) groups excluding carboxylic acids is 1. The smallest absolute Gasteiger partial charge is 0.274 e. The molecule has 3 heterocycles. The van der Waals surface area contributed by atoms with E-state index in [1.165, 1.54) is 0 Å². The SMILES string of the molecule is N#Cc1cccnc1N1CCN(C(=O)c2nn(-c3ccc(Cl)cc3)c3c2CCCCC3)CC1. The van der Waals surface area contributed by atoms with Crippen LogP contribution < -0.4 is 4.90 Å². The lowest BCUT2D eigenvalue weighted by Crippen LogP contribution is -2.49. The number of nitriles is 1. The van der Waals surface area contributed by atoms with Gasteiger partial charge >= 0.3 is 0 Å². The quantitative estimate of drug-likeness (QED) is 0.551. The summed E-state index contributed by atoms with van der Waals surface area (Å²) < 4.78 is 1.94. The Morgan fingerprint density at radius 3 is 2.52 bits per heavy atom. The molecule has 33 heavy (non-hydrogen) atoms. The Bertz CT molecular complexity index is 1200. The Morgan fingerprint density at radius 2 is 1.76 bits per heavy atom. The highest BCUT2D eigenvalue weighted by Crippen LogP contribution is 2.28. The molecule has 1 aromatic carbocycles. The topological polar surface area (TPSA) is 78.1 Å². The average Bonchev–Trinajstić information content (AvgIpc) is 3.04.